The minimum absolute atomic E-state index is 1.18. The van der Waals surface area contributed by atoms with Gasteiger partial charge in [0.15, 0.2) is 0 Å². The highest BCUT2D eigenvalue weighted by atomic mass is 32.2. The number of nitrogens with one attached hydrogen (secondary N) is 1. The molecule has 0 amide bonds. The van der Waals surface area contributed by atoms with Crippen LogP contribution in [-0.2, 0) is 6.42 Å². The summed E-state index contributed by atoms with van der Waals surface area (Å²) in [6, 6.07) is 13.2. The highest BCUT2D eigenvalue weighted by Gasteiger charge is 2.17. The molecule has 0 spiro atoms. The number of hydrogen-bond donors (Lipinski definition) is 1. The van der Waals surface area contributed by atoms with Crippen molar-refractivity contribution in [1.82, 2.24) is 4.98 Å². The van der Waals surface area contributed by atoms with Crippen molar-refractivity contribution in [1.29, 1.82) is 0 Å². The molecule has 16 heavy (non-hydrogen) atoms. The third-order valence-corrected chi connectivity index (χ3v) is 4.39. The Hall–Kier alpha value is -1.41. The third-order valence-electron chi connectivity index (χ3n) is 3.31. The van der Waals surface area contributed by atoms with Crippen LogP contribution in [0.5, 0.6) is 0 Å². The first-order valence-electron chi connectivity index (χ1n) is 5.58. The summed E-state index contributed by atoms with van der Waals surface area (Å²) in [6.45, 7) is 0. The van der Waals surface area contributed by atoms with Crippen molar-refractivity contribution in [2.45, 2.75) is 11.3 Å². The number of aromatic amines is 1. The molecule has 4 rings (SSSR count). The van der Waals surface area contributed by atoms with Crippen LogP contribution in [0.1, 0.15) is 5.69 Å². The lowest BCUT2D eigenvalue weighted by Gasteiger charge is -2.05. The second kappa shape index (κ2) is 3.05. The van der Waals surface area contributed by atoms with Gasteiger partial charge in [-0.2, -0.15) is 0 Å². The van der Waals surface area contributed by atoms with Gasteiger partial charge in [-0.25, -0.2) is 0 Å². The summed E-state index contributed by atoms with van der Waals surface area (Å²) < 4.78 is 0. The lowest BCUT2D eigenvalue weighted by molar-refractivity contribution is 1.03. The number of thioether (sulfide) groups is 1. The molecule has 0 saturated carbocycles. The predicted octanol–water partition coefficient (Wildman–Crippen LogP) is 3.92. The first kappa shape index (κ1) is 8.71. The van der Waals surface area contributed by atoms with Crippen molar-refractivity contribution < 1.29 is 0 Å². The molecular formula is C14H11NS. The minimum Gasteiger partial charge on any atom is -0.357 e. The van der Waals surface area contributed by atoms with Crippen molar-refractivity contribution in [2.24, 2.45) is 0 Å². The van der Waals surface area contributed by atoms with Crippen LogP contribution in [0.25, 0.3) is 22.0 Å². The Balaban J connectivity index is 2.15. The molecule has 0 aromatic heterocycles. The summed E-state index contributed by atoms with van der Waals surface area (Å²) in [5.41, 5.74) is 4.05. The molecule has 2 heterocycles. The maximum atomic E-state index is 3.58. The van der Waals surface area contributed by atoms with E-state index in [0.717, 1.165) is 0 Å². The van der Waals surface area contributed by atoms with Crippen LogP contribution in [0.4, 0.5) is 0 Å². The van der Waals surface area contributed by atoms with E-state index in [-0.39, 0.29) is 0 Å². The zero-order valence-electron chi connectivity index (χ0n) is 8.79. The fraction of sp³-hybridized carbons (Fsp3) is 0.143. The van der Waals surface area contributed by atoms with E-state index in [9.17, 15) is 0 Å². The summed E-state index contributed by atoms with van der Waals surface area (Å²) >= 11 is 1.96. The number of H-pyrrole nitrogens is 1. The molecule has 1 aliphatic carbocycles. The van der Waals surface area contributed by atoms with Crippen LogP contribution < -0.4 is 0 Å². The van der Waals surface area contributed by atoms with Crippen LogP contribution in [0.3, 0.4) is 0 Å². The SMILES string of the molecule is c1ccc2c3cc4c([nH]c-3cc2c1)CCS4. The van der Waals surface area contributed by atoms with Gasteiger partial charge in [-0.1, -0.05) is 24.3 Å². The van der Waals surface area contributed by atoms with E-state index in [2.05, 4.69) is 41.4 Å². The molecular weight excluding hydrogens is 214 g/mol. The molecule has 2 aliphatic heterocycles. The van der Waals surface area contributed by atoms with Crippen molar-refractivity contribution in [3.8, 4) is 11.3 Å². The van der Waals surface area contributed by atoms with Gasteiger partial charge in [-0.05, 0) is 29.3 Å². The molecule has 0 fully saturated rings. The van der Waals surface area contributed by atoms with Crippen LogP contribution >= 0.6 is 11.8 Å². The fourth-order valence-corrected chi connectivity index (χ4v) is 3.58. The van der Waals surface area contributed by atoms with E-state index in [1.165, 1.54) is 44.8 Å². The summed E-state index contributed by atoms with van der Waals surface area (Å²) in [5.74, 6) is 1.22. The van der Waals surface area contributed by atoms with Gasteiger partial charge in [-0.15, -0.1) is 11.8 Å². The fourth-order valence-electron chi connectivity index (χ4n) is 2.53. The van der Waals surface area contributed by atoms with Gasteiger partial charge in [-0.3, -0.25) is 0 Å². The number of aryl methyl sites for hydroxylation is 1. The van der Waals surface area contributed by atoms with Crippen molar-refractivity contribution in [3.63, 3.8) is 0 Å². The Morgan fingerprint density at radius 2 is 2.06 bits per heavy atom. The molecule has 0 saturated heterocycles. The number of benzene rings is 1. The molecule has 0 bridgehead atoms. The van der Waals surface area contributed by atoms with Crippen molar-refractivity contribution in [3.05, 3.63) is 42.1 Å². The average molecular weight is 225 g/mol. The number of pyridine rings is 1. The van der Waals surface area contributed by atoms with E-state index in [4.69, 9.17) is 0 Å². The second-order valence-electron chi connectivity index (χ2n) is 4.27. The van der Waals surface area contributed by atoms with E-state index >= 15 is 0 Å². The highest BCUT2D eigenvalue weighted by Crippen LogP contribution is 2.39. The molecule has 1 N–H and O–H groups in total. The van der Waals surface area contributed by atoms with Gasteiger partial charge in [0.2, 0.25) is 0 Å². The van der Waals surface area contributed by atoms with Gasteiger partial charge < -0.3 is 4.98 Å². The Kier molecular flexibility index (Phi) is 1.66. The zero-order valence-corrected chi connectivity index (χ0v) is 9.60. The first-order valence-corrected chi connectivity index (χ1v) is 6.56. The van der Waals surface area contributed by atoms with E-state index in [1.807, 2.05) is 11.8 Å². The smallest absolute Gasteiger partial charge is 0.0468 e. The van der Waals surface area contributed by atoms with E-state index in [0.29, 0.717) is 0 Å². The highest BCUT2D eigenvalue weighted by molar-refractivity contribution is 7.99. The van der Waals surface area contributed by atoms with E-state index < -0.39 is 0 Å². The van der Waals surface area contributed by atoms with Gasteiger partial charge in [0.05, 0.1) is 0 Å². The Labute approximate surface area is 98.2 Å². The summed E-state index contributed by atoms with van der Waals surface area (Å²) in [6.07, 6.45) is 1.18. The monoisotopic (exact) mass is 225 g/mol. The lowest BCUT2D eigenvalue weighted by Crippen LogP contribution is -1.89. The van der Waals surface area contributed by atoms with Crippen LogP contribution in [0.2, 0.25) is 0 Å². The van der Waals surface area contributed by atoms with Gasteiger partial charge in [0, 0.05) is 27.6 Å². The van der Waals surface area contributed by atoms with Crippen LogP contribution in [0.15, 0.2) is 41.3 Å². The van der Waals surface area contributed by atoms with Crippen molar-refractivity contribution >= 4 is 22.5 Å². The standard InChI is InChI=1S/C14H11NS/c1-2-4-10-9(3-1)7-13-11(10)8-14-12(15-13)5-6-16-14/h1-4,7-8,15H,5-6H2. The number of rotatable bonds is 0. The maximum absolute atomic E-state index is 3.58. The Morgan fingerprint density at radius 3 is 3.06 bits per heavy atom. The summed E-state index contributed by atoms with van der Waals surface area (Å²) in [5, 5.41) is 2.70. The topological polar surface area (TPSA) is 15.8 Å². The zero-order chi connectivity index (χ0) is 10.5. The number of hydrogen-bond acceptors (Lipinski definition) is 1. The Bertz CT molecular complexity index is 653. The summed E-state index contributed by atoms with van der Waals surface area (Å²) in [7, 11) is 0. The predicted molar refractivity (Wildman–Crippen MR) is 69.3 cm³/mol. The van der Waals surface area contributed by atoms with Crippen LogP contribution in [0, 0.1) is 0 Å². The summed E-state index contributed by atoms with van der Waals surface area (Å²) in [4.78, 5) is 5.01. The minimum atomic E-state index is 1.18. The van der Waals surface area contributed by atoms with E-state index in [1.54, 1.807) is 0 Å². The molecule has 1 aromatic rings. The molecule has 78 valence electrons. The molecule has 1 nitrogen and oxygen atoms in total. The lowest BCUT2D eigenvalue weighted by atomic mass is 10.1. The largest absolute Gasteiger partial charge is 0.357 e. The van der Waals surface area contributed by atoms with Gasteiger partial charge >= 0.3 is 0 Å². The quantitative estimate of drug-likeness (QED) is 0.613. The van der Waals surface area contributed by atoms with Gasteiger partial charge in [0.1, 0.15) is 0 Å². The first-order chi connectivity index (χ1) is 7.92. The normalized spacial score (nSPS) is 14.8. The molecule has 0 atom stereocenters. The van der Waals surface area contributed by atoms with Crippen LogP contribution in [-0.4, -0.2) is 10.7 Å². The molecule has 1 aromatic carbocycles. The number of aromatic nitrogens is 1. The van der Waals surface area contributed by atoms with Crippen molar-refractivity contribution in [2.75, 3.05) is 5.75 Å². The Morgan fingerprint density at radius 1 is 1.12 bits per heavy atom. The maximum Gasteiger partial charge on any atom is 0.0468 e. The number of fused-ring (bicyclic) bond motifs is 4. The molecule has 3 aliphatic rings. The molecule has 2 heteroatoms. The second-order valence-corrected chi connectivity index (χ2v) is 5.41. The van der Waals surface area contributed by atoms with Gasteiger partial charge in [0.25, 0.3) is 0 Å². The average Bonchev–Trinajstić information content (AvgIpc) is 2.88. The molecule has 0 radical (unpaired) electrons. The third kappa shape index (κ3) is 1.08. The molecule has 0 unspecified atom stereocenters.